The summed E-state index contributed by atoms with van der Waals surface area (Å²) in [6.45, 7) is 0. The van der Waals surface area contributed by atoms with Gasteiger partial charge in [0.2, 0.25) is 0 Å². The molecule has 108 valence electrons. The van der Waals surface area contributed by atoms with E-state index in [1.54, 1.807) is 0 Å². The van der Waals surface area contributed by atoms with Crippen molar-refractivity contribution in [3.63, 3.8) is 0 Å². The zero-order chi connectivity index (χ0) is 14.8. The van der Waals surface area contributed by atoms with Gasteiger partial charge in [-0.25, -0.2) is 0 Å². The molecule has 0 bridgehead atoms. The zero-order valence-electron chi connectivity index (χ0n) is 12.4. The third-order valence-corrected chi connectivity index (χ3v) is 4.39. The molecule has 0 N–H and O–H groups in total. The molecule has 22 heavy (non-hydrogen) atoms. The fourth-order valence-corrected chi connectivity index (χ4v) is 3.29. The van der Waals surface area contributed by atoms with Crippen molar-refractivity contribution in [2.24, 2.45) is 0 Å². The predicted octanol–water partition coefficient (Wildman–Crippen LogP) is 5.34. The second-order valence-corrected chi connectivity index (χ2v) is 5.75. The number of hydrogen-bond acceptors (Lipinski definition) is 1. The van der Waals surface area contributed by atoms with E-state index in [2.05, 4.69) is 78.9 Å². The van der Waals surface area contributed by atoms with E-state index in [0.717, 1.165) is 12.2 Å². The Labute approximate surface area is 131 Å². The van der Waals surface area contributed by atoms with Gasteiger partial charge in [0.15, 0.2) is 0 Å². The first-order valence-corrected chi connectivity index (χ1v) is 7.77. The van der Waals surface area contributed by atoms with Crippen LogP contribution in [0.3, 0.4) is 0 Å². The summed E-state index contributed by atoms with van der Waals surface area (Å²) in [5.74, 6) is 1.40. The van der Waals surface area contributed by atoms with Gasteiger partial charge in [0.1, 0.15) is 11.9 Å². The Morgan fingerprint density at radius 3 is 1.95 bits per heavy atom. The van der Waals surface area contributed by atoms with Crippen LogP contribution in [0, 0.1) is 0 Å². The molecular formula is C21H18O. The van der Waals surface area contributed by atoms with Crippen LogP contribution in [0.4, 0.5) is 0 Å². The van der Waals surface area contributed by atoms with Gasteiger partial charge in [0.05, 0.1) is 0 Å². The molecule has 0 aliphatic carbocycles. The van der Waals surface area contributed by atoms with Crippen LogP contribution in [-0.4, -0.2) is 0 Å². The maximum atomic E-state index is 6.27. The topological polar surface area (TPSA) is 9.23 Å². The van der Waals surface area contributed by atoms with E-state index < -0.39 is 0 Å². The van der Waals surface area contributed by atoms with Crippen molar-refractivity contribution < 1.29 is 4.74 Å². The Morgan fingerprint density at radius 2 is 1.23 bits per heavy atom. The normalized spacial score (nSPS) is 20.0. The molecule has 0 radical (unpaired) electrons. The Bertz CT molecular complexity index is 749. The summed E-state index contributed by atoms with van der Waals surface area (Å²) in [6, 6.07) is 29.7. The van der Waals surface area contributed by atoms with Crippen molar-refractivity contribution in [1.82, 2.24) is 0 Å². The summed E-state index contributed by atoms with van der Waals surface area (Å²) in [4.78, 5) is 0. The molecule has 3 aromatic rings. The molecule has 1 aliphatic rings. The molecular weight excluding hydrogens is 268 g/mol. The Morgan fingerprint density at radius 1 is 0.636 bits per heavy atom. The molecule has 0 amide bonds. The molecule has 1 heteroatoms. The lowest BCUT2D eigenvalue weighted by molar-refractivity contribution is 0.167. The molecule has 0 spiro atoms. The standard InChI is InChI=1S/C21H18O/c1-3-9-16(10-4-1)19-15-21(17-11-5-2-6-12-17)22-20-14-8-7-13-18(19)20/h1-14,19,21H,15H2. The first-order chi connectivity index (χ1) is 10.9. The Kier molecular flexibility index (Phi) is 3.40. The number of ether oxygens (including phenoxy) is 1. The maximum Gasteiger partial charge on any atom is 0.125 e. The van der Waals surface area contributed by atoms with Gasteiger partial charge in [-0.15, -0.1) is 0 Å². The Hall–Kier alpha value is -2.54. The highest BCUT2D eigenvalue weighted by atomic mass is 16.5. The number of rotatable bonds is 2. The van der Waals surface area contributed by atoms with Crippen LogP contribution >= 0.6 is 0 Å². The third kappa shape index (κ3) is 2.39. The van der Waals surface area contributed by atoms with E-state index in [9.17, 15) is 0 Å². The molecule has 4 rings (SSSR count). The first kappa shape index (κ1) is 13.1. The molecule has 2 atom stereocenters. The lowest BCUT2D eigenvalue weighted by Gasteiger charge is -2.33. The van der Waals surface area contributed by atoms with Crippen molar-refractivity contribution in [3.05, 3.63) is 102 Å². The van der Waals surface area contributed by atoms with E-state index in [1.165, 1.54) is 16.7 Å². The fraction of sp³-hybridized carbons (Fsp3) is 0.143. The van der Waals surface area contributed by atoms with Crippen LogP contribution in [0.5, 0.6) is 5.75 Å². The van der Waals surface area contributed by atoms with Crippen molar-refractivity contribution in [2.45, 2.75) is 18.4 Å². The number of hydrogen-bond donors (Lipinski definition) is 0. The molecule has 3 aromatic carbocycles. The monoisotopic (exact) mass is 286 g/mol. The van der Waals surface area contributed by atoms with Crippen LogP contribution in [0.15, 0.2) is 84.9 Å². The highest BCUT2D eigenvalue weighted by molar-refractivity contribution is 5.44. The van der Waals surface area contributed by atoms with Gasteiger partial charge in [0, 0.05) is 11.5 Å². The highest BCUT2D eigenvalue weighted by Crippen LogP contribution is 2.44. The number of fused-ring (bicyclic) bond motifs is 1. The average molecular weight is 286 g/mol. The van der Waals surface area contributed by atoms with E-state index in [1.807, 2.05) is 6.07 Å². The van der Waals surface area contributed by atoms with E-state index in [0.29, 0.717) is 5.92 Å². The summed E-state index contributed by atoms with van der Waals surface area (Å²) in [5.41, 5.74) is 3.90. The van der Waals surface area contributed by atoms with Gasteiger partial charge in [0.25, 0.3) is 0 Å². The van der Waals surface area contributed by atoms with Gasteiger partial charge in [-0.3, -0.25) is 0 Å². The maximum absolute atomic E-state index is 6.27. The summed E-state index contributed by atoms with van der Waals surface area (Å²) in [5, 5.41) is 0. The molecule has 0 fully saturated rings. The largest absolute Gasteiger partial charge is 0.485 e. The van der Waals surface area contributed by atoms with Gasteiger partial charge >= 0.3 is 0 Å². The summed E-state index contributed by atoms with van der Waals surface area (Å²) in [7, 11) is 0. The number of benzene rings is 3. The zero-order valence-corrected chi connectivity index (χ0v) is 12.4. The number of para-hydroxylation sites is 1. The van der Waals surface area contributed by atoms with Gasteiger partial charge in [-0.2, -0.15) is 0 Å². The molecule has 0 saturated carbocycles. The minimum absolute atomic E-state index is 0.112. The van der Waals surface area contributed by atoms with E-state index in [4.69, 9.17) is 4.74 Å². The lowest BCUT2D eigenvalue weighted by atomic mass is 9.83. The van der Waals surface area contributed by atoms with E-state index >= 15 is 0 Å². The minimum Gasteiger partial charge on any atom is -0.485 e. The first-order valence-electron chi connectivity index (χ1n) is 7.77. The molecule has 0 saturated heterocycles. The second-order valence-electron chi connectivity index (χ2n) is 5.75. The van der Waals surface area contributed by atoms with Crippen LogP contribution in [0.2, 0.25) is 0 Å². The molecule has 2 unspecified atom stereocenters. The molecule has 0 aromatic heterocycles. The van der Waals surface area contributed by atoms with Crippen LogP contribution in [0.25, 0.3) is 0 Å². The molecule has 1 aliphatic heterocycles. The smallest absolute Gasteiger partial charge is 0.125 e. The van der Waals surface area contributed by atoms with Crippen molar-refractivity contribution in [2.75, 3.05) is 0 Å². The quantitative estimate of drug-likeness (QED) is 0.617. The Balaban J connectivity index is 1.77. The molecule has 1 heterocycles. The summed E-state index contributed by atoms with van der Waals surface area (Å²) < 4.78 is 6.27. The summed E-state index contributed by atoms with van der Waals surface area (Å²) >= 11 is 0. The second kappa shape index (κ2) is 5.69. The van der Waals surface area contributed by atoms with Crippen LogP contribution in [0.1, 0.15) is 35.1 Å². The van der Waals surface area contributed by atoms with Crippen molar-refractivity contribution >= 4 is 0 Å². The summed E-state index contributed by atoms with van der Waals surface area (Å²) in [6.07, 6.45) is 1.09. The predicted molar refractivity (Wildman–Crippen MR) is 89.2 cm³/mol. The van der Waals surface area contributed by atoms with Gasteiger partial charge < -0.3 is 4.74 Å². The van der Waals surface area contributed by atoms with Gasteiger partial charge in [-0.05, 0) is 23.6 Å². The molecule has 1 nitrogen and oxygen atoms in total. The van der Waals surface area contributed by atoms with Crippen molar-refractivity contribution in [3.8, 4) is 5.75 Å². The van der Waals surface area contributed by atoms with E-state index in [-0.39, 0.29) is 6.10 Å². The minimum atomic E-state index is 0.112. The SMILES string of the molecule is c1ccc(C2CC(c3ccccc3)c3ccccc3O2)cc1. The van der Waals surface area contributed by atoms with Crippen LogP contribution in [-0.2, 0) is 0 Å². The average Bonchev–Trinajstić information content (AvgIpc) is 2.62. The van der Waals surface area contributed by atoms with Crippen molar-refractivity contribution in [1.29, 1.82) is 0 Å². The lowest BCUT2D eigenvalue weighted by Crippen LogP contribution is -2.19. The fourth-order valence-electron chi connectivity index (χ4n) is 3.29. The third-order valence-electron chi connectivity index (χ3n) is 4.39. The van der Waals surface area contributed by atoms with Crippen LogP contribution < -0.4 is 4.74 Å². The van der Waals surface area contributed by atoms with Gasteiger partial charge in [-0.1, -0.05) is 78.9 Å². The highest BCUT2D eigenvalue weighted by Gasteiger charge is 2.29.